The summed E-state index contributed by atoms with van der Waals surface area (Å²) in [5, 5.41) is 17.5. The molecule has 0 atom stereocenters. The summed E-state index contributed by atoms with van der Waals surface area (Å²) in [6.07, 6.45) is 0.980. The quantitative estimate of drug-likeness (QED) is 0.300. The molecule has 10 heteroatoms. The van der Waals surface area contributed by atoms with Crippen LogP contribution in [0.5, 0.6) is 0 Å². The first-order valence-corrected chi connectivity index (χ1v) is 11.1. The van der Waals surface area contributed by atoms with Crippen LogP contribution in [-0.2, 0) is 24.8 Å². The van der Waals surface area contributed by atoms with Gasteiger partial charge in [-0.25, -0.2) is 4.99 Å². The number of aromatic nitrogens is 3. The summed E-state index contributed by atoms with van der Waals surface area (Å²) < 4.78 is 7.47. The van der Waals surface area contributed by atoms with Gasteiger partial charge < -0.3 is 19.9 Å². The van der Waals surface area contributed by atoms with Crippen molar-refractivity contribution in [3.05, 3.63) is 34.0 Å². The molecule has 1 aliphatic heterocycles. The molecule has 1 fully saturated rings. The van der Waals surface area contributed by atoms with E-state index in [0.29, 0.717) is 6.54 Å². The third-order valence-corrected chi connectivity index (χ3v) is 6.30. The number of nitrogens with zero attached hydrogens (tertiary/aromatic N) is 5. The van der Waals surface area contributed by atoms with E-state index >= 15 is 0 Å². The molecule has 0 saturated carbocycles. The SMILES string of the molecule is Cc1nnc(CN=C(NCCc2cccs2)NCC(C)(C)N2CCOCC2)n1C.I. The zero-order chi connectivity index (χ0) is 20.7. The Hall–Kier alpha value is -1.24. The van der Waals surface area contributed by atoms with Gasteiger partial charge in [-0.1, -0.05) is 6.07 Å². The zero-order valence-electron chi connectivity index (χ0n) is 18.3. The van der Waals surface area contributed by atoms with Crippen molar-refractivity contribution in [2.75, 3.05) is 39.4 Å². The van der Waals surface area contributed by atoms with Crippen LogP contribution >= 0.6 is 35.3 Å². The fourth-order valence-corrected chi connectivity index (χ4v) is 3.96. The number of ether oxygens (including phenoxy) is 1. The summed E-state index contributed by atoms with van der Waals surface area (Å²) in [6, 6.07) is 4.26. The number of thiophene rings is 1. The smallest absolute Gasteiger partial charge is 0.191 e. The summed E-state index contributed by atoms with van der Waals surface area (Å²) >= 11 is 1.79. The molecule has 2 aromatic rings. The van der Waals surface area contributed by atoms with Crippen molar-refractivity contribution in [1.29, 1.82) is 0 Å². The predicted molar refractivity (Wildman–Crippen MR) is 133 cm³/mol. The molecule has 8 nitrogen and oxygen atoms in total. The second-order valence-electron chi connectivity index (χ2n) is 7.91. The Kier molecular flexibility index (Phi) is 9.98. The molecule has 1 saturated heterocycles. The Morgan fingerprint density at radius 1 is 1.27 bits per heavy atom. The lowest BCUT2D eigenvalue weighted by Crippen LogP contribution is -2.56. The van der Waals surface area contributed by atoms with Gasteiger partial charge in [0, 0.05) is 43.6 Å². The van der Waals surface area contributed by atoms with E-state index in [1.807, 2.05) is 18.5 Å². The van der Waals surface area contributed by atoms with E-state index in [2.05, 4.69) is 57.1 Å². The van der Waals surface area contributed by atoms with Crippen molar-refractivity contribution in [3.63, 3.8) is 0 Å². The van der Waals surface area contributed by atoms with Crippen molar-refractivity contribution in [2.24, 2.45) is 12.0 Å². The average Bonchev–Trinajstić information content (AvgIpc) is 3.35. The van der Waals surface area contributed by atoms with Gasteiger partial charge in [0.2, 0.25) is 0 Å². The summed E-state index contributed by atoms with van der Waals surface area (Å²) in [5.41, 5.74) is 0.0152. The van der Waals surface area contributed by atoms with E-state index < -0.39 is 0 Å². The summed E-state index contributed by atoms with van der Waals surface area (Å²) in [7, 11) is 1.97. The maximum atomic E-state index is 5.50. The minimum absolute atomic E-state index is 0. The predicted octanol–water partition coefficient (Wildman–Crippen LogP) is 2.19. The molecule has 168 valence electrons. The van der Waals surface area contributed by atoms with Crippen LogP contribution in [0.1, 0.15) is 30.4 Å². The van der Waals surface area contributed by atoms with Crippen LogP contribution in [0.15, 0.2) is 22.5 Å². The Bertz CT molecular complexity index is 785. The van der Waals surface area contributed by atoms with Crippen LogP contribution < -0.4 is 10.6 Å². The number of morpholine rings is 1. The topological polar surface area (TPSA) is 79.6 Å². The first kappa shape index (κ1) is 25.0. The highest BCUT2D eigenvalue weighted by Crippen LogP contribution is 2.15. The van der Waals surface area contributed by atoms with Gasteiger partial charge in [0.25, 0.3) is 0 Å². The third kappa shape index (κ3) is 7.17. The van der Waals surface area contributed by atoms with Crippen LogP contribution in [0.4, 0.5) is 0 Å². The molecule has 0 bridgehead atoms. The van der Waals surface area contributed by atoms with Gasteiger partial charge in [-0.05, 0) is 38.6 Å². The van der Waals surface area contributed by atoms with E-state index in [9.17, 15) is 0 Å². The van der Waals surface area contributed by atoms with E-state index in [4.69, 9.17) is 9.73 Å². The van der Waals surface area contributed by atoms with E-state index in [1.165, 1.54) is 4.88 Å². The molecule has 0 aromatic carbocycles. The van der Waals surface area contributed by atoms with Gasteiger partial charge in [-0.15, -0.1) is 45.5 Å². The van der Waals surface area contributed by atoms with Crippen molar-refractivity contribution < 1.29 is 4.74 Å². The minimum Gasteiger partial charge on any atom is -0.379 e. The van der Waals surface area contributed by atoms with Crippen molar-refractivity contribution in [2.45, 2.75) is 39.3 Å². The molecule has 3 heterocycles. The Morgan fingerprint density at radius 2 is 2.03 bits per heavy atom. The van der Waals surface area contributed by atoms with Crippen LogP contribution in [0.25, 0.3) is 0 Å². The molecule has 2 N–H and O–H groups in total. The number of rotatable bonds is 8. The molecular formula is C20H34IN7OS. The lowest BCUT2D eigenvalue weighted by Gasteiger charge is -2.41. The van der Waals surface area contributed by atoms with Gasteiger partial charge in [0.1, 0.15) is 12.4 Å². The molecule has 0 spiro atoms. The zero-order valence-corrected chi connectivity index (χ0v) is 21.5. The average molecular weight is 548 g/mol. The number of nitrogens with one attached hydrogen (secondary N) is 2. The molecular weight excluding hydrogens is 513 g/mol. The second-order valence-corrected chi connectivity index (χ2v) is 8.94. The van der Waals surface area contributed by atoms with Crippen LogP contribution in [0, 0.1) is 6.92 Å². The number of aryl methyl sites for hydroxylation is 1. The number of aliphatic imine (C=N–C) groups is 1. The van der Waals surface area contributed by atoms with E-state index in [0.717, 1.165) is 63.4 Å². The largest absolute Gasteiger partial charge is 0.379 e. The van der Waals surface area contributed by atoms with E-state index in [-0.39, 0.29) is 29.5 Å². The third-order valence-electron chi connectivity index (χ3n) is 5.36. The molecule has 0 amide bonds. The normalized spacial score (nSPS) is 15.7. The number of halogens is 1. The minimum atomic E-state index is 0. The molecule has 30 heavy (non-hydrogen) atoms. The lowest BCUT2D eigenvalue weighted by molar-refractivity contribution is -0.00834. The number of hydrogen-bond acceptors (Lipinski definition) is 6. The Balaban J connectivity index is 0.00000320. The highest BCUT2D eigenvalue weighted by Gasteiger charge is 2.28. The van der Waals surface area contributed by atoms with E-state index in [1.54, 1.807) is 11.3 Å². The van der Waals surface area contributed by atoms with Crippen molar-refractivity contribution >= 4 is 41.3 Å². The Morgan fingerprint density at radius 3 is 2.67 bits per heavy atom. The van der Waals surface area contributed by atoms with Gasteiger partial charge in [-0.3, -0.25) is 4.90 Å². The van der Waals surface area contributed by atoms with Crippen LogP contribution in [-0.4, -0.2) is 70.6 Å². The fourth-order valence-electron chi connectivity index (χ4n) is 3.25. The second kappa shape index (κ2) is 12.0. The molecule has 0 unspecified atom stereocenters. The standard InChI is InChI=1S/C20H33N7OS.HI/c1-16-24-25-18(26(16)4)14-22-19(21-8-7-17-6-5-13-29-17)23-15-20(2,3)27-9-11-28-12-10-27;/h5-6,13H,7-12,14-15H2,1-4H3,(H2,21,22,23);1H. The number of hydrogen-bond donors (Lipinski definition) is 2. The van der Waals surface area contributed by atoms with Gasteiger partial charge in [-0.2, -0.15) is 0 Å². The fraction of sp³-hybridized carbons (Fsp3) is 0.650. The summed E-state index contributed by atoms with van der Waals surface area (Å²) in [5.74, 6) is 2.56. The van der Waals surface area contributed by atoms with Gasteiger partial charge in [0.15, 0.2) is 11.8 Å². The van der Waals surface area contributed by atoms with Gasteiger partial charge in [0.05, 0.1) is 13.2 Å². The summed E-state index contributed by atoms with van der Waals surface area (Å²) in [4.78, 5) is 8.61. The highest BCUT2D eigenvalue weighted by atomic mass is 127. The first-order chi connectivity index (χ1) is 14.0. The van der Waals surface area contributed by atoms with Crippen molar-refractivity contribution in [3.8, 4) is 0 Å². The lowest BCUT2D eigenvalue weighted by atomic mass is 10.0. The van der Waals surface area contributed by atoms with Gasteiger partial charge >= 0.3 is 0 Å². The van der Waals surface area contributed by atoms with Crippen LogP contribution in [0.2, 0.25) is 0 Å². The molecule has 3 rings (SSSR count). The Labute approximate surface area is 200 Å². The summed E-state index contributed by atoms with van der Waals surface area (Å²) in [6.45, 7) is 12.1. The van der Waals surface area contributed by atoms with Crippen molar-refractivity contribution in [1.82, 2.24) is 30.3 Å². The monoisotopic (exact) mass is 547 g/mol. The molecule has 0 aliphatic carbocycles. The first-order valence-electron chi connectivity index (χ1n) is 10.2. The molecule has 1 aliphatic rings. The van der Waals surface area contributed by atoms with Crippen LogP contribution in [0.3, 0.4) is 0 Å². The molecule has 0 radical (unpaired) electrons. The maximum Gasteiger partial charge on any atom is 0.191 e. The maximum absolute atomic E-state index is 5.50. The number of guanidine groups is 1. The highest BCUT2D eigenvalue weighted by molar-refractivity contribution is 14.0. The molecule has 2 aromatic heterocycles.